The number of guanidine groups is 1. The second-order valence-corrected chi connectivity index (χ2v) is 8.18. The van der Waals surface area contributed by atoms with Crippen LogP contribution in [0.4, 0.5) is 0 Å². The zero-order valence-corrected chi connectivity index (χ0v) is 20.0. The first kappa shape index (κ1) is 22.8. The Labute approximate surface area is 191 Å². The molecule has 3 aliphatic heterocycles. The number of ether oxygens (including phenoxy) is 2. The van der Waals surface area contributed by atoms with Crippen molar-refractivity contribution in [3.63, 3.8) is 0 Å². The number of hydrogen-bond donors (Lipinski definition) is 1. The van der Waals surface area contributed by atoms with Crippen LogP contribution in [0, 0.1) is 0 Å². The minimum atomic E-state index is 0. The molecule has 3 fully saturated rings. The average Bonchev–Trinajstić information content (AvgIpc) is 3.42. The van der Waals surface area contributed by atoms with Gasteiger partial charge in [-0.15, -0.1) is 24.0 Å². The number of nitrogens with zero attached hydrogens (tertiary/aromatic N) is 5. The zero-order chi connectivity index (χ0) is 19.4. The van der Waals surface area contributed by atoms with Gasteiger partial charge in [0.25, 0.3) is 0 Å². The Balaban J connectivity index is 0.00000240. The summed E-state index contributed by atoms with van der Waals surface area (Å²) < 4.78 is 13.5. The number of aryl methyl sites for hydroxylation is 1. The number of hydrogen-bond acceptors (Lipinski definition) is 5. The molecule has 4 heterocycles. The average molecular weight is 518 g/mol. The van der Waals surface area contributed by atoms with Gasteiger partial charge < -0.3 is 19.7 Å². The van der Waals surface area contributed by atoms with E-state index in [-0.39, 0.29) is 35.6 Å². The molecular formula is C20H35IN6O2. The quantitative estimate of drug-likeness (QED) is 0.372. The SMILES string of the molecule is CN=C(NCC1(N2CCCC2)CCOCC1)N1CCOC(c2cnn(C)c2)C1.I. The third-order valence-electron chi connectivity index (χ3n) is 6.45. The number of halogens is 1. The monoisotopic (exact) mass is 518 g/mol. The molecule has 0 spiro atoms. The van der Waals surface area contributed by atoms with Crippen molar-refractivity contribution < 1.29 is 9.47 Å². The fourth-order valence-corrected chi connectivity index (χ4v) is 4.77. The van der Waals surface area contributed by atoms with Gasteiger partial charge in [0.05, 0.1) is 19.3 Å². The molecule has 0 aromatic carbocycles. The lowest BCUT2D eigenvalue weighted by Crippen LogP contribution is -2.59. The summed E-state index contributed by atoms with van der Waals surface area (Å²) in [4.78, 5) is 9.60. The molecule has 0 radical (unpaired) electrons. The van der Waals surface area contributed by atoms with E-state index in [1.807, 2.05) is 31.2 Å². The number of aromatic nitrogens is 2. The Bertz CT molecular complexity index is 670. The first-order chi connectivity index (χ1) is 13.7. The molecule has 1 atom stereocenters. The van der Waals surface area contributed by atoms with Gasteiger partial charge in [-0.05, 0) is 38.8 Å². The predicted molar refractivity (Wildman–Crippen MR) is 124 cm³/mol. The van der Waals surface area contributed by atoms with Gasteiger partial charge in [-0.3, -0.25) is 14.6 Å². The van der Waals surface area contributed by atoms with Crippen LogP contribution in [0.5, 0.6) is 0 Å². The van der Waals surface area contributed by atoms with Crippen molar-refractivity contribution >= 4 is 29.9 Å². The molecule has 29 heavy (non-hydrogen) atoms. The molecule has 0 aliphatic carbocycles. The summed E-state index contributed by atoms with van der Waals surface area (Å²) >= 11 is 0. The highest BCUT2D eigenvalue weighted by molar-refractivity contribution is 14.0. The van der Waals surface area contributed by atoms with Gasteiger partial charge >= 0.3 is 0 Å². The summed E-state index contributed by atoms with van der Waals surface area (Å²) in [5, 5.41) is 7.99. The summed E-state index contributed by atoms with van der Waals surface area (Å²) in [6, 6.07) is 0. The highest BCUT2D eigenvalue weighted by Gasteiger charge is 2.40. The standard InChI is InChI=1S/C20H34N6O2.HI/c1-21-19(25-9-12-28-18(15-25)17-13-23-24(2)14-17)22-16-20(5-10-27-11-6-20)26-7-3-4-8-26;/h13-14,18H,3-12,15-16H2,1-2H3,(H,21,22);1H. The van der Waals surface area contributed by atoms with E-state index in [2.05, 4.69) is 25.2 Å². The van der Waals surface area contributed by atoms with Crippen LogP contribution in [0.1, 0.15) is 37.4 Å². The van der Waals surface area contributed by atoms with Crippen molar-refractivity contribution in [1.82, 2.24) is 24.9 Å². The maximum Gasteiger partial charge on any atom is 0.193 e. The molecule has 9 heteroatoms. The molecule has 1 aromatic rings. The first-order valence-corrected chi connectivity index (χ1v) is 10.6. The molecule has 1 N–H and O–H groups in total. The molecule has 0 bridgehead atoms. The molecule has 0 amide bonds. The maximum absolute atomic E-state index is 6.00. The Morgan fingerprint density at radius 3 is 2.66 bits per heavy atom. The van der Waals surface area contributed by atoms with E-state index in [4.69, 9.17) is 9.47 Å². The Morgan fingerprint density at radius 1 is 1.24 bits per heavy atom. The number of likely N-dealkylation sites (tertiary alicyclic amines) is 1. The largest absolute Gasteiger partial charge is 0.381 e. The van der Waals surface area contributed by atoms with Crippen LogP contribution in [-0.4, -0.2) is 90.7 Å². The van der Waals surface area contributed by atoms with E-state index < -0.39 is 0 Å². The summed E-state index contributed by atoms with van der Waals surface area (Å²) in [6.07, 6.45) is 8.79. The third-order valence-corrected chi connectivity index (χ3v) is 6.45. The van der Waals surface area contributed by atoms with E-state index in [1.165, 1.54) is 25.9 Å². The van der Waals surface area contributed by atoms with E-state index in [9.17, 15) is 0 Å². The topological polar surface area (TPSA) is 67.2 Å². The molecule has 3 aliphatic rings. The van der Waals surface area contributed by atoms with Gasteiger partial charge in [-0.25, -0.2) is 0 Å². The molecule has 164 valence electrons. The predicted octanol–water partition coefficient (Wildman–Crippen LogP) is 1.63. The van der Waals surface area contributed by atoms with E-state index >= 15 is 0 Å². The van der Waals surface area contributed by atoms with Gasteiger partial charge in [0, 0.05) is 57.7 Å². The number of nitrogens with one attached hydrogen (secondary N) is 1. The lowest BCUT2D eigenvalue weighted by molar-refractivity contribution is -0.0193. The molecule has 1 aromatic heterocycles. The van der Waals surface area contributed by atoms with Crippen LogP contribution in [0.15, 0.2) is 17.4 Å². The Kier molecular flexibility index (Phi) is 8.17. The molecule has 8 nitrogen and oxygen atoms in total. The maximum atomic E-state index is 6.00. The second-order valence-electron chi connectivity index (χ2n) is 8.18. The third kappa shape index (κ3) is 5.23. The van der Waals surface area contributed by atoms with E-state index in [1.54, 1.807) is 0 Å². The summed E-state index contributed by atoms with van der Waals surface area (Å²) in [5.41, 5.74) is 1.32. The highest BCUT2D eigenvalue weighted by Crippen LogP contribution is 2.31. The number of morpholine rings is 1. The number of aliphatic imine (C=N–C) groups is 1. The van der Waals surface area contributed by atoms with Gasteiger partial charge in [-0.1, -0.05) is 0 Å². The minimum absolute atomic E-state index is 0. The normalized spacial score (nSPS) is 25.7. The molecule has 4 rings (SSSR count). The van der Waals surface area contributed by atoms with E-state index in [0.717, 1.165) is 57.2 Å². The van der Waals surface area contributed by atoms with Gasteiger partial charge in [0.2, 0.25) is 0 Å². The fourth-order valence-electron chi connectivity index (χ4n) is 4.77. The number of rotatable bonds is 4. The first-order valence-electron chi connectivity index (χ1n) is 10.6. The van der Waals surface area contributed by atoms with Crippen molar-refractivity contribution in [2.45, 2.75) is 37.3 Å². The zero-order valence-electron chi connectivity index (χ0n) is 17.7. The Hall–Kier alpha value is -0.910. The van der Waals surface area contributed by atoms with Crippen molar-refractivity contribution in [3.05, 3.63) is 18.0 Å². The van der Waals surface area contributed by atoms with Crippen molar-refractivity contribution in [3.8, 4) is 0 Å². The molecular weight excluding hydrogens is 483 g/mol. The lowest BCUT2D eigenvalue weighted by atomic mass is 9.88. The van der Waals surface area contributed by atoms with Gasteiger partial charge in [0.15, 0.2) is 5.96 Å². The summed E-state index contributed by atoms with van der Waals surface area (Å²) in [6.45, 7) is 7.42. The van der Waals surface area contributed by atoms with Gasteiger partial charge in [-0.2, -0.15) is 5.10 Å². The molecule has 1 unspecified atom stereocenters. The van der Waals surface area contributed by atoms with E-state index in [0.29, 0.717) is 6.61 Å². The summed E-state index contributed by atoms with van der Waals surface area (Å²) in [5.74, 6) is 0.974. The lowest BCUT2D eigenvalue weighted by Gasteiger charge is -2.45. The Morgan fingerprint density at radius 2 is 2.00 bits per heavy atom. The van der Waals surface area contributed by atoms with Crippen LogP contribution in [0.2, 0.25) is 0 Å². The molecule has 3 saturated heterocycles. The van der Waals surface area contributed by atoms with Crippen LogP contribution < -0.4 is 5.32 Å². The minimum Gasteiger partial charge on any atom is -0.381 e. The second kappa shape index (κ2) is 10.4. The van der Waals surface area contributed by atoms with Gasteiger partial charge in [0.1, 0.15) is 6.10 Å². The van der Waals surface area contributed by atoms with Crippen molar-refractivity contribution in [2.24, 2.45) is 12.0 Å². The molecule has 0 saturated carbocycles. The summed E-state index contributed by atoms with van der Waals surface area (Å²) in [7, 11) is 3.82. The highest BCUT2D eigenvalue weighted by atomic mass is 127. The van der Waals surface area contributed by atoms with Crippen molar-refractivity contribution in [1.29, 1.82) is 0 Å². The van der Waals surface area contributed by atoms with Crippen LogP contribution >= 0.6 is 24.0 Å². The van der Waals surface area contributed by atoms with Crippen LogP contribution in [-0.2, 0) is 16.5 Å². The smallest absolute Gasteiger partial charge is 0.193 e. The van der Waals surface area contributed by atoms with Crippen LogP contribution in [0.25, 0.3) is 0 Å². The fraction of sp³-hybridized carbons (Fsp3) is 0.800. The van der Waals surface area contributed by atoms with Crippen molar-refractivity contribution in [2.75, 3.05) is 59.6 Å². The van der Waals surface area contributed by atoms with Crippen LogP contribution in [0.3, 0.4) is 0 Å².